The molecule has 1 unspecified atom stereocenters. The number of nitrogens with zero attached hydrogens (tertiary/aromatic N) is 1. The van der Waals surface area contributed by atoms with E-state index in [-0.39, 0.29) is 11.9 Å². The van der Waals surface area contributed by atoms with Crippen LogP contribution in [0.2, 0.25) is 0 Å². The van der Waals surface area contributed by atoms with Crippen molar-refractivity contribution in [1.29, 1.82) is 0 Å². The van der Waals surface area contributed by atoms with E-state index in [9.17, 15) is 4.79 Å². The minimum absolute atomic E-state index is 0.202. The van der Waals surface area contributed by atoms with E-state index >= 15 is 0 Å². The summed E-state index contributed by atoms with van der Waals surface area (Å²) in [5.41, 5.74) is 1.27. The second-order valence-corrected chi connectivity index (χ2v) is 5.26. The first-order chi connectivity index (χ1) is 9.08. The number of carbonyl (C=O) groups is 1. The van der Waals surface area contributed by atoms with Crippen molar-refractivity contribution in [2.45, 2.75) is 20.4 Å². The highest BCUT2D eigenvalue weighted by atomic mass is 32.1. The van der Waals surface area contributed by atoms with Gasteiger partial charge in [-0.25, -0.2) is 0 Å². The molecule has 0 aliphatic carbocycles. The zero-order chi connectivity index (χ0) is 14.3. The predicted molar refractivity (Wildman–Crippen MR) is 78.4 cm³/mol. The zero-order valence-corrected chi connectivity index (χ0v) is 12.6. The van der Waals surface area contributed by atoms with Crippen molar-refractivity contribution in [3.05, 3.63) is 21.9 Å². The van der Waals surface area contributed by atoms with Crippen LogP contribution in [0.5, 0.6) is 0 Å². The summed E-state index contributed by atoms with van der Waals surface area (Å²) in [6.07, 6.45) is 0. The summed E-state index contributed by atoms with van der Waals surface area (Å²) >= 11 is 1.72. The van der Waals surface area contributed by atoms with Crippen molar-refractivity contribution in [3.63, 3.8) is 0 Å². The maximum Gasteiger partial charge on any atom is 0.310 e. The van der Waals surface area contributed by atoms with Gasteiger partial charge in [-0.2, -0.15) is 0 Å². The first kappa shape index (κ1) is 15.5. The smallest absolute Gasteiger partial charge is 0.310 e. The van der Waals surface area contributed by atoms with Crippen LogP contribution >= 0.6 is 11.3 Å². The number of rotatable bonds is 5. The molecule has 0 amide bonds. The number of carbonyl (C=O) groups excluding carboxylic acids is 1. The highest BCUT2D eigenvalue weighted by molar-refractivity contribution is 7.10. The maximum absolute atomic E-state index is 11.3. The molecule has 1 atom stereocenters. The van der Waals surface area contributed by atoms with Crippen molar-refractivity contribution in [2.75, 3.05) is 20.7 Å². The Morgan fingerprint density at radius 2 is 2.26 bits per heavy atom. The fraction of sp³-hybridized carbons (Fsp3) is 0.538. The number of nitrogens with one attached hydrogen (secondary N) is 2. The average Bonchev–Trinajstić information content (AvgIpc) is 2.83. The van der Waals surface area contributed by atoms with Crippen LogP contribution in [0.25, 0.3) is 0 Å². The molecule has 0 aliphatic heterocycles. The van der Waals surface area contributed by atoms with E-state index in [0.717, 1.165) is 6.54 Å². The third-order valence-corrected chi connectivity index (χ3v) is 3.81. The van der Waals surface area contributed by atoms with Gasteiger partial charge < -0.3 is 15.4 Å². The van der Waals surface area contributed by atoms with E-state index < -0.39 is 0 Å². The third kappa shape index (κ3) is 4.90. The van der Waals surface area contributed by atoms with Crippen LogP contribution in [-0.4, -0.2) is 32.6 Å². The molecule has 0 radical (unpaired) electrons. The van der Waals surface area contributed by atoms with Crippen LogP contribution in [0.1, 0.15) is 17.4 Å². The molecule has 0 spiro atoms. The first-order valence-corrected chi connectivity index (χ1v) is 7.01. The highest BCUT2D eigenvalue weighted by Gasteiger charge is 2.13. The Morgan fingerprint density at radius 1 is 1.53 bits per heavy atom. The lowest BCUT2D eigenvalue weighted by Crippen LogP contribution is -2.40. The van der Waals surface area contributed by atoms with Crippen LogP contribution in [-0.2, 0) is 16.1 Å². The Bertz CT molecular complexity index is 443. The van der Waals surface area contributed by atoms with Crippen molar-refractivity contribution in [1.82, 2.24) is 10.6 Å². The van der Waals surface area contributed by atoms with Crippen molar-refractivity contribution >= 4 is 23.3 Å². The first-order valence-electron chi connectivity index (χ1n) is 6.13. The lowest BCUT2D eigenvalue weighted by molar-refractivity contribution is -0.144. The monoisotopic (exact) mass is 283 g/mol. The highest BCUT2D eigenvalue weighted by Crippen LogP contribution is 2.14. The van der Waals surface area contributed by atoms with Gasteiger partial charge in [-0.05, 0) is 23.9 Å². The Kier molecular flexibility index (Phi) is 6.35. The molecule has 5 nitrogen and oxygen atoms in total. The molecule has 19 heavy (non-hydrogen) atoms. The molecule has 0 bridgehead atoms. The molecule has 1 heterocycles. The van der Waals surface area contributed by atoms with Crippen LogP contribution in [0.15, 0.2) is 16.4 Å². The Hall–Kier alpha value is -1.56. The van der Waals surface area contributed by atoms with Gasteiger partial charge in [0.15, 0.2) is 5.96 Å². The largest absolute Gasteiger partial charge is 0.469 e. The molecular weight excluding hydrogens is 262 g/mol. The minimum atomic E-state index is -0.225. The lowest BCUT2D eigenvalue weighted by Gasteiger charge is -2.14. The Balaban J connectivity index is 2.39. The quantitative estimate of drug-likeness (QED) is 0.489. The lowest BCUT2D eigenvalue weighted by atomic mass is 10.2. The number of aryl methyl sites for hydroxylation is 1. The standard InChI is InChI=1S/C13H21N3O2S/c1-9-5-6-19-11(9)8-16-13(14-3)15-7-10(2)12(17)18-4/h5-6,10H,7-8H2,1-4H3,(H2,14,15,16). The summed E-state index contributed by atoms with van der Waals surface area (Å²) in [6, 6.07) is 2.09. The molecule has 106 valence electrons. The van der Waals surface area contributed by atoms with Gasteiger partial charge >= 0.3 is 5.97 Å². The van der Waals surface area contributed by atoms with Gasteiger partial charge in [-0.1, -0.05) is 6.92 Å². The van der Waals surface area contributed by atoms with E-state index in [1.54, 1.807) is 18.4 Å². The number of esters is 1. The summed E-state index contributed by atoms with van der Waals surface area (Å²) in [7, 11) is 3.10. The molecule has 0 aromatic carbocycles. The van der Waals surface area contributed by atoms with E-state index in [1.165, 1.54) is 17.6 Å². The summed E-state index contributed by atoms with van der Waals surface area (Å²) in [6.45, 7) is 5.13. The molecule has 1 rings (SSSR count). The molecule has 0 saturated carbocycles. The second kappa shape index (κ2) is 7.78. The van der Waals surface area contributed by atoms with E-state index in [4.69, 9.17) is 0 Å². The van der Waals surface area contributed by atoms with E-state index in [1.807, 2.05) is 6.92 Å². The van der Waals surface area contributed by atoms with Crippen LogP contribution in [0.4, 0.5) is 0 Å². The number of hydrogen-bond acceptors (Lipinski definition) is 4. The van der Waals surface area contributed by atoms with Crippen molar-refractivity contribution < 1.29 is 9.53 Å². The minimum Gasteiger partial charge on any atom is -0.469 e. The summed E-state index contributed by atoms with van der Waals surface area (Å²) in [5, 5.41) is 8.40. The van der Waals surface area contributed by atoms with Gasteiger partial charge in [0.05, 0.1) is 19.6 Å². The normalized spacial score (nSPS) is 12.9. The number of methoxy groups -OCH3 is 1. The number of aliphatic imine (C=N–C) groups is 1. The molecule has 0 fully saturated rings. The van der Waals surface area contributed by atoms with E-state index in [0.29, 0.717) is 12.5 Å². The summed E-state index contributed by atoms with van der Waals surface area (Å²) in [5.74, 6) is 0.257. The van der Waals surface area contributed by atoms with Gasteiger partial charge in [0.2, 0.25) is 0 Å². The zero-order valence-electron chi connectivity index (χ0n) is 11.8. The van der Waals surface area contributed by atoms with Gasteiger partial charge in [0.25, 0.3) is 0 Å². The average molecular weight is 283 g/mol. The summed E-state index contributed by atoms with van der Waals surface area (Å²) in [4.78, 5) is 16.7. The van der Waals surface area contributed by atoms with E-state index in [2.05, 4.69) is 38.7 Å². The fourth-order valence-electron chi connectivity index (χ4n) is 1.50. The number of guanidine groups is 1. The van der Waals surface area contributed by atoms with Gasteiger partial charge in [0, 0.05) is 18.5 Å². The predicted octanol–water partition coefficient (Wildman–Crippen LogP) is 1.53. The van der Waals surface area contributed by atoms with Gasteiger partial charge in [-0.3, -0.25) is 9.79 Å². The van der Waals surface area contributed by atoms with Gasteiger partial charge in [-0.15, -0.1) is 11.3 Å². The fourth-order valence-corrected chi connectivity index (χ4v) is 2.35. The van der Waals surface area contributed by atoms with Crippen LogP contribution in [0, 0.1) is 12.8 Å². The van der Waals surface area contributed by atoms with Crippen LogP contribution in [0.3, 0.4) is 0 Å². The Labute approximate surface area is 118 Å². The Morgan fingerprint density at radius 3 is 2.79 bits per heavy atom. The SMILES string of the molecule is CN=C(NCc1sccc1C)NCC(C)C(=O)OC. The van der Waals surface area contributed by atoms with Gasteiger partial charge in [0.1, 0.15) is 0 Å². The van der Waals surface area contributed by atoms with Crippen molar-refractivity contribution in [2.24, 2.45) is 10.9 Å². The van der Waals surface area contributed by atoms with Crippen LogP contribution < -0.4 is 10.6 Å². The number of ether oxygens (including phenoxy) is 1. The molecule has 0 saturated heterocycles. The molecule has 1 aromatic heterocycles. The summed E-state index contributed by atoms with van der Waals surface area (Å²) < 4.78 is 4.67. The van der Waals surface area contributed by atoms with Crippen molar-refractivity contribution in [3.8, 4) is 0 Å². The molecule has 2 N–H and O–H groups in total. The number of thiophene rings is 1. The topological polar surface area (TPSA) is 62.7 Å². The molecular formula is C13H21N3O2S. The number of hydrogen-bond donors (Lipinski definition) is 2. The second-order valence-electron chi connectivity index (χ2n) is 4.26. The third-order valence-electron chi connectivity index (χ3n) is 2.79. The molecule has 0 aliphatic rings. The molecule has 1 aromatic rings. The molecule has 6 heteroatoms. The maximum atomic E-state index is 11.3.